The number of hydrogen-bond donors (Lipinski definition) is 2. The summed E-state index contributed by atoms with van der Waals surface area (Å²) in [4.78, 5) is 26.7. The van der Waals surface area contributed by atoms with Crippen molar-refractivity contribution in [2.75, 3.05) is 6.54 Å². The highest BCUT2D eigenvalue weighted by Crippen LogP contribution is 2.15. The lowest BCUT2D eigenvalue weighted by molar-refractivity contribution is -0.138. The van der Waals surface area contributed by atoms with Crippen LogP contribution in [0.1, 0.15) is 42.2 Å². The third kappa shape index (κ3) is 5.83. The molecule has 1 unspecified atom stereocenters. The predicted octanol–water partition coefficient (Wildman–Crippen LogP) is 2.32. The molecule has 2 N–H and O–H groups in total. The summed E-state index contributed by atoms with van der Waals surface area (Å²) >= 11 is 1.42. The molecule has 6 heteroatoms. The number of aliphatic carboxylic acids is 1. The molecule has 1 aromatic rings. The van der Waals surface area contributed by atoms with Crippen molar-refractivity contribution in [1.82, 2.24) is 10.3 Å². The minimum atomic E-state index is -0.829. The first-order valence-corrected chi connectivity index (χ1v) is 7.18. The van der Waals surface area contributed by atoms with Crippen molar-refractivity contribution < 1.29 is 14.7 Å². The van der Waals surface area contributed by atoms with Gasteiger partial charge in [0.15, 0.2) is 0 Å². The zero-order chi connectivity index (χ0) is 14.4. The molecule has 0 saturated carbocycles. The van der Waals surface area contributed by atoms with Gasteiger partial charge in [-0.1, -0.05) is 13.8 Å². The molecule has 0 aliphatic heterocycles. The maximum absolute atomic E-state index is 11.8. The fourth-order valence-corrected chi connectivity index (χ4v) is 2.54. The molecule has 1 heterocycles. The van der Waals surface area contributed by atoms with Gasteiger partial charge < -0.3 is 10.4 Å². The summed E-state index contributed by atoms with van der Waals surface area (Å²) in [7, 11) is 0. The van der Waals surface area contributed by atoms with E-state index in [2.05, 4.69) is 10.3 Å². The molecule has 1 rings (SSSR count). The fraction of sp³-hybridized carbons (Fsp3) is 0.615. The summed E-state index contributed by atoms with van der Waals surface area (Å²) in [5.41, 5.74) is 0.404. The van der Waals surface area contributed by atoms with Crippen LogP contribution in [0, 0.1) is 18.8 Å². The normalized spacial score (nSPS) is 12.4. The monoisotopic (exact) mass is 284 g/mol. The summed E-state index contributed by atoms with van der Waals surface area (Å²) < 4.78 is 0. The zero-order valence-electron chi connectivity index (χ0n) is 11.5. The number of aromatic nitrogens is 1. The van der Waals surface area contributed by atoms with Crippen molar-refractivity contribution in [2.24, 2.45) is 11.8 Å². The topological polar surface area (TPSA) is 79.3 Å². The lowest BCUT2D eigenvalue weighted by Gasteiger charge is -2.17. The molecular weight excluding hydrogens is 264 g/mol. The number of carbonyl (C=O) groups excluding carboxylic acids is 1. The van der Waals surface area contributed by atoms with E-state index >= 15 is 0 Å². The quantitative estimate of drug-likeness (QED) is 0.805. The lowest BCUT2D eigenvalue weighted by Crippen LogP contribution is -2.31. The lowest BCUT2D eigenvalue weighted by atomic mass is 9.94. The Morgan fingerprint density at radius 2 is 2.16 bits per heavy atom. The van der Waals surface area contributed by atoms with Gasteiger partial charge in [-0.15, -0.1) is 11.3 Å². The van der Waals surface area contributed by atoms with Crippen molar-refractivity contribution in [3.05, 3.63) is 16.1 Å². The molecule has 0 saturated heterocycles. The molecule has 0 aliphatic carbocycles. The van der Waals surface area contributed by atoms with E-state index in [0.717, 1.165) is 11.4 Å². The molecule has 1 amide bonds. The smallest absolute Gasteiger partial charge is 0.303 e. The SMILES string of the molecule is Cc1nc(C(=O)NCC(CC(=O)O)CC(C)C)cs1. The van der Waals surface area contributed by atoms with Crippen LogP contribution in [0.25, 0.3) is 0 Å². The second-order valence-corrected chi connectivity index (χ2v) is 6.12. The molecule has 1 aromatic heterocycles. The van der Waals surface area contributed by atoms with E-state index < -0.39 is 5.97 Å². The number of amides is 1. The van der Waals surface area contributed by atoms with Crippen LogP contribution in [0.3, 0.4) is 0 Å². The van der Waals surface area contributed by atoms with Gasteiger partial charge in [-0.05, 0) is 25.2 Å². The Morgan fingerprint density at radius 3 is 2.63 bits per heavy atom. The van der Waals surface area contributed by atoms with Gasteiger partial charge in [-0.25, -0.2) is 4.98 Å². The van der Waals surface area contributed by atoms with Crippen molar-refractivity contribution in [1.29, 1.82) is 0 Å². The van der Waals surface area contributed by atoms with Crippen LogP contribution >= 0.6 is 11.3 Å². The first-order chi connectivity index (χ1) is 8.88. The largest absolute Gasteiger partial charge is 0.481 e. The number of nitrogens with zero attached hydrogens (tertiary/aromatic N) is 1. The molecule has 0 aliphatic rings. The highest BCUT2D eigenvalue weighted by molar-refractivity contribution is 7.09. The summed E-state index contributed by atoms with van der Waals surface area (Å²) in [6, 6.07) is 0. The van der Waals surface area contributed by atoms with E-state index in [1.165, 1.54) is 11.3 Å². The molecule has 106 valence electrons. The van der Waals surface area contributed by atoms with E-state index in [4.69, 9.17) is 5.11 Å². The summed E-state index contributed by atoms with van der Waals surface area (Å²) in [5.74, 6) is -0.697. The number of nitrogens with one attached hydrogen (secondary N) is 1. The van der Waals surface area contributed by atoms with Crippen molar-refractivity contribution in [3.8, 4) is 0 Å². The van der Waals surface area contributed by atoms with Crippen molar-refractivity contribution in [3.63, 3.8) is 0 Å². The molecule has 0 aromatic carbocycles. The Labute approximate surface area is 117 Å². The third-order valence-corrected chi connectivity index (χ3v) is 3.44. The van der Waals surface area contributed by atoms with Gasteiger partial charge in [0.1, 0.15) is 5.69 Å². The average molecular weight is 284 g/mol. The summed E-state index contributed by atoms with van der Waals surface area (Å²) in [6.07, 6.45) is 0.858. The van der Waals surface area contributed by atoms with Crippen LogP contribution < -0.4 is 5.32 Å². The van der Waals surface area contributed by atoms with E-state index in [1.807, 2.05) is 20.8 Å². The highest BCUT2D eigenvalue weighted by Gasteiger charge is 2.17. The van der Waals surface area contributed by atoms with Gasteiger partial charge in [-0.2, -0.15) is 0 Å². The van der Waals surface area contributed by atoms with Crippen LogP contribution in [-0.4, -0.2) is 28.5 Å². The summed E-state index contributed by atoms with van der Waals surface area (Å²) in [5, 5.41) is 14.2. The van der Waals surface area contributed by atoms with Crippen molar-refractivity contribution >= 4 is 23.2 Å². The second-order valence-electron chi connectivity index (χ2n) is 5.06. The zero-order valence-corrected chi connectivity index (χ0v) is 12.3. The molecule has 1 atom stereocenters. The molecular formula is C13H20N2O3S. The number of carbonyl (C=O) groups is 2. The van der Waals surface area contributed by atoms with Crippen LogP contribution in [0.2, 0.25) is 0 Å². The summed E-state index contributed by atoms with van der Waals surface area (Å²) in [6.45, 7) is 6.30. The molecule has 0 bridgehead atoms. The van der Waals surface area contributed by atoms with E-state index in [1.54, 1.807) is 5.38 Å². The Kier molecular flexibility index (Phi) is 5.95. The van der Waals surface area contributed by atoms with E-state index in [-0.39, 0.29) is 18.2 Å². The number of thiazole rings is 1. The van der Waals surface area contributed by atoms with Crippen LogP contribution in [-0.2, 0) is 4.79 Å². The number of aryl methyl sites for hydroxylation is 1. The standard InChI is InChI=1S/C13H20N2O3S/c1-8(2)4-10(5-12(16)17)6-14-13(18)11-7-19-9(3)15-11/h7-8,10H,4-6H2,1-3H3,(H,14,18)(H,16,17). The van der Waals surface area contributed by atoms with Crippen LogP contribution in [0.5, 0.6) is 0 Å². The predicted molar refractivity (Wildman–Crippen MR) is 74.4 cm³/mol. The molecule has 5 nitrogen and oxygen atoms in total. The highest BCUT2D eigenvalue weighted by atomic mass is 32.1. The Balaban J connectivity index is 2.50. The van der Waals surface area contributed by atoms with Crippen molar-refractivity contribution in [2.45, 2.75) is 33.6 Å². The third-order valence-electron chi connectivity index (χ3n) is 2.67. The van der Waals surface area contributed by atoms with E-state index in [9.17, 15) is 9.59 Å². The van der Waals surface area contributed by atoms with Gasteiger partial charge in [0.2, 0.25) is 0 Å². The molecule has 0 spiro atoms. The van der Waals surface area contributed by atoms with Crippen LogP contribution in [0.4, 0.5) is 0 Å². The maximum atomic E-state index is 11.8. The second kappa shape index (κ2) is 7.23. The van der Waals surface area contributed by atoms with E-state index in [0.29, 0.717) is 18.2 Å². The molecule has 19 heavy (non-hydrogen) atoms. The Bertz CT molecular complexity index is 443. The molecule has 0 fully saturated rings. The van der Waals surface area contributed by atoms with Gasteiger partial charge in [-0.3, -0.25) is 9.59 Å². The first kappa shape index (κ1) is 15.6. The number of rotatable bonds is 7. The van der Waals surface area contributed by atoms with Crippen LogP contribution in [0.15, 0.2) is 5.38 Å². The Morgan fingerprint density at radius 1 is 1.47 bits per heavy atom. The fourth-order valence-electron chi connectivity index (χ4n) is 1.95. The van der Waals surface area contributed by atoms with Gasteiger partial charge in [0, 0.05) is 18.3 Å². The van der Waals surface area contributed by atoms with Gasteiger partial charge in [0.05, 0.1) is 5.01 Å². The first-order valence-electron chi connectivity index (χ1n) is 6.30. The van der Waals surface area contributed by atoms with Gasteiger partial charge >= 0.3 is 5.97 Å². The number of carboxylic acids is 1. The average Bonchev–Trinajstić information content (AvgIpc) is 2.71. The van der Waals surface area contributed by atoms with Gasteiger partial charge in [0.25, 0.3) is 5.91 Å². The number of hydrogen-bond acceptors (Lipinski definition) is 4. The molecule has 0 radical (unpaired) electrons. The maximum Gasteiger partial charge on any atom is 0.303 e. The number of carboxylic acid groups (broad SMARTS) is 1. The minimum Gasteiger partial charge on any atom is -0.481 e. The Hall–Kier alpha value is -1.43. The minimum absolute atomic E-state index is 0.0406.